The Bertz CT molecular complexity index is 2490. The first-order valence-electron chi connectivity index (χ1n) is 22.7. The van der Waals surface area contributed by atoms with Crippen molar-refractivity contribution < 1.29 is 66.7 Å². The number of aromatic nitrogens is 1. The van der Waals surface area contributed by atoms with Crippen LogP contribution in [0.15, 0.2) is 103 Å². The van der Waals surface area contributed by atoms with Gasteiger partial charge in [0, 0.05) is 18.6 Å². The molecule has 2 aromatic carbocycles. The molecule has 0 N–H and O–H groups in total. The lowest BCUT2D eigenvalue weighted by molar-refractivity contribution is -0.155. The number of unbranched alkanes of at least 4 members (excludes halogenated alkanes) is 2. The number of thiophene rings is 1. The van der Waals surface area contributed by atoms with Crippen LogP contribution in [0.4, 0.5) is 0 Å². The third-order valence-corrected chi connectivity index (χ3v) is 13.9. The van der Waals surface area contributed by atoms with Gasteiger partial charge in [0.1, 0.15) is 38.6 Å². The highest BCUT2D eigenvalue weighted by Crippen LogP contribution is 2.43. The van der Waals surface area contributed by atoms with E-state index in [2.05, 4.69) is 13.2 Å². The van der Waals surface area contributed by atoms with E-state index >= 15 is 0 Å². The predicted molar refractivity (Wildman–Crippen MR) is 252 cm³/mol. The third-order valence-electron chi connectivity index (χ3n) is 11.8. The highest BCUT2D eigenvalue weighted by molar-refractivity contribution is 7.25. The van der Waals surface area contributed by atoms with Crippen molar-refractivity contribution in [2.45, 2.75) is 83.2 Å². The van der Waals surface area contributed by atoms with E-state index in [0.29, 0.717) is 103 Å². The number of fused-ring (bicyclic) bond motifs is 1. The number of allylic oxidation sites excluding steroid dienone is 1. The lowest BCUT2D eigenvalue weighted by atomic mass is 9.82. The first-order valence-corrected chi connectivity index (χ1v) is 24.4. The number of benzene rings is 2. The summed E-state index contributed by atoms with van der Waals surface area (Å²) in [5.74, 6) is -2.07. The molecular weight excluding hydrogens is 915 g/mol. The number of nitrogens with zero attached hydrogens (tertiary/aromatic N) is 1. The zero-order valence-corrected chi connectivity index (χ0v) is 39.1. The van der Waals surface area contributed by atoms with E-state index < -0.39 is 53.7 Å². The zero-order valence-electron chi connectivity index (χ0n) is 37.5. The van der Waals surface area contributed by atoms with Crippen LogP contribution in [0.25, 0.3) is 20.1 Å². The Morgan fingerprint density at radius 3 is 1.85 bits per heavy atom. The summed E-state index contributed by atoms with van der Waals surface area (Å²) in [7, 11) is 0. The molecule has 0 saturated heterocycles. The van der Waals surface area contributed by atoms with Gasteiger partial charge in [0.05, 0.1) is 41.8 Å². The van der Waals surface area contributed by atoms with Crippen molar-refractivity contribution in [2.24, 2.45) is 23.7 Å². The number of rotatable bonds is 21. The fraction of sp³-hybridized carbons (Fsp3) is 0.392. The standard InChI is InChI=1S/C51H53NO14S2/c1-3-43(53)60-29-7-5-6-28-59-36-18-22-38(23-19-36)63-48(55)32-10-14-34(15-11-32)50(57)65-40-26-27-41(46-45(40)52-47(68-46)42-9-8-30-67-42)66-51(58)35-16-12-33(13-17-35)49(56)64-39-24-20-37(21-25-39)61-31-62-44(54)4-2/h3-4,8-9,18-22,24-27,30,32-35,38H,1-2,5-7,10-17,23,28-29,31H2. The summed E-state index contributed by atoms with van der Waals surface area (Å²) in [5.41, 5.74) is 0.406. The summed E-state index contributed by atoms with van der Waals surface area (Å²) in [6, 6.07) is 13.4. The van der Waals surface area contributed by atoms with Crippen molar-refractivity contribution in [2.75, 3.05) is 20.0 Å². The van der Waals surface area contributed by atoms with Crippen LogP contribution in [0.5, 0.6) is 23.0 Å². The number of esters is 6. The van der Waals surface area contributed by atoms with Gasteiger partial charge in [-0.25, -0.2) is 14.6 Å². The Morgan fingerprint density at radius 1 is 0.647 bits per heavy atom. The van der Waals surface area contributed by atoms with Crippen molar-refractivity contribution in [3.63, 3.8) is 0 Å². The van der Waals surface area contributed by atoms with Crippen LogP contribution in [-0.2, 0) is 47.7 Å². The maximum Gasteiger partial charge on any atom is 0.333 e. The molecule has 2 saturated carbocycles. The van der Waals surface area contributed by atoms with Crippen LogP contribution < -0.4 is 18.9 Å². The van der Waals surface area contributed by atoms with Gasteiger partial charge in [-0.2, -0.15) is 0 Å². The molecule has 0 bridgehead atoms. The molecule has 358 valence electrons. The quantitative estimate of drug-likeness (QED) is 0.0191. The number of carbonyl (C=O) groups excluding carboxylic acids is 6. The third kappa shape index (κ3) is 13.8. The van der Waals surface area contributed by atoms with Gasteiger partial charge in [0.2, 0.25) is 6.79 Å². The van der Waals surface area contributed by atoms with Gasteiger partial charge in [0.15, 0.2) is 11.5 Å². The number of carbonyl (C=O) groups is 6. The Balaban J connectivity index is 0.864. The highest BCUT2D eigenvalue weighted by Gasteiger charge is 2.35. The van der Waals surface area contributed by atoms with E-state index in [-0.39, 0.29) is 24.4 Å². The van der Waals surface area contributed by atoms with E-state index in [1.54, 1.807) is 36.4 Å². The molecule has 17 heteroatoms. The highest BCUT2D eigenvalue weighted by atomic mass is 32.1. The fourth-order valence-corrected chi connectivity index (χ4v) is 9.81. The minimum Gasteiger partial charge on any atom is -0.494 e. The molecule has 7 rings (SSSR count). The largest absolute Gasteiger partial charge is 0.494 e. The molecule has 3 aliphatic rings. The lowest BCUT2D eigenvalue weighted by Crippen LogP contribution is -2.31. The zero-order chi connectivity index (χ0) is 47.8. The molecule has 2 aromatic heterocycles. The van der Waals surface area contributed by atoms with E-state index in [1.165, 1.54) is 22.7 Å². The molecule has 0 amide bonds. The summed E-state index contributed by atoms with van der Waals surface area (Å²) in [4.78, 5) is 81.4. The van der Waals surface area contributed by atoms with Crippen molar-refractivity contribution >= 4 is 68.7 Å². The molecule has 3 aliphatic carbocycles. The normalized spacial score (nSPS) is 19.9. The van der Waals surface area contributed by atoms with Crippen molar-refractivity contribution in [1.82, 2.24) is 4.98 Å². The second-order valence-electron chi connectivity index (χ2n) is 16.5. The number of ether oxygens (including phenoxy) is 8. The molecule has 2 heterocycles. The van der Waals surface area contributed by atoms with Gasteiger partial charge in [-0.15, -0.1) is 22.7 Å². The SMILES string of the molecule is C=CC(=O)OCCCCCOC1=CCC(OC(=O)C2CCC(C(=O)Oc3ccc(OC(=O)C4CCC(C(=O)Oc5ccc(OCOC(=O)C=C)cc5)CC4)c4sc(-c5cccs5)nc34)CC2)C=C1. The second kappa shape index (κ2) is 24.4. The van der Waals surface area contributed by atoms with Gasteiger partial charge in [-0.3, -0.25) is 19.2 Å². The van der Waals surface area contributed by atoms with Gasteiger partial charge in [-0.05, 0) is 137 Å². The maximum atomic E-state index is 13.6. The smallest absolute Gasteiger partial charge is 0.333 e. The van der Waals surface area contributed by atoms with Crippen LogP contribution in [0.2, 0.25) is 0 Å². The first kappa shape index (κ1) is 49.3. The van der Waals surface area contributed by atoms with Crippen molar-refractivity contribution in [3.05, 3.63) is 103 Å². The summed E-state index contributed by atoms with van der Waals surface area (Å²) < 4.78 is 44.9. The second-order valence-corrected chi connectivity index (χ2v) is 18.4. The predicted octanol–water partition coefficient (Wildman–Crippen LogP) is 9.79. The minimum absolute atomic E-state index is 0.257. The average Bonchev–Trinajstić information content (AvgIpc) is 4.08. The molecule has 1 unspecified atom stereocenters. The average molecular weight is 968 g/mol. The molecule has 1 atom stereocenters. The Labute approximate surface area is 401 Å². The number of thiazole rings is 1. The summed E-state index contributed by atoms with van der Waals surface area (Å²) in [6.45, 7) is 7.29. The Kier molecular flexibility index (Phi) is 17.7. The van der Waals surface area contributed by atoms with Gasteiger partial charge in [0.25, 0.3) is 0 Å². The van der Waals surface area contributed by atoms with Gasteiger partial charge < -0.3 is 37.9 Å². The van der Waals surface area contributed by atoms with Gasteiger partial charge in [-0.1, -0.05) is 19.2 Å². The van der Waals surface area contributed by atoms with Crippen molar-refractivity contribution in [3.8, 4) is 32.9 Å². The Hall–Kier alpha value is -6.59. The minimum atomic E-state index is -0.607. The lowest BCUT2D eigenvalue weighted by Gasteiger charge is -2.27. The van der Waals surface area contributed by atoms with E-state index in [0.717, 1.165) is 42.1 Å². The molecule has 0 spiro atoms. The van der Waals surface area contributed by atoms with Crippen LogP contribution >= 0.6 is 22.7 Å². The van der Waals surface area contributed by atoms with E-state index in [4.69, 9.17) is 42.9 Å². The summed E-state index contributed by atoms with van der Waals surface area (Å²) in [6.07, 6.45) is 13.9. The molecule has 2 fully saturated rings. The van der Waals surface area contributed by atoms with E-state index in [1.807, 2.05) is 35.7 Å². The maximum absolute atomic E-state index is 13.6. The Morgan fingerprint density at radius 2 is 1.24 bits per heavy atom. The van der Waals surface area contributed by atoms with E-state index in [9.17, 15) is 28.8 Å². The monoisotopic (exact) mass is 967 g/mol. The molecule has 4 aromatic rings. The van der Waals surface area contributed by atoms with Gasteiger partial charge >= 0.3 is 35.8 Å². The van der Waals surface area contributed by atoms with Crippen LogP contribution in [-0.4, -0.2) is 66.9 Å². The number of hydrogen-bond donors (Lipinski definition) is 0. The van der Waals surface area contributed by atoms with Crippen LogP contribution in [0.3, 0.4) is 0 Å². The molecule has 0 aliphatic heterocycles. The van der Waals surface area contributed by atoms with Crippen LogP contribution in [0.1, 0.15) is 77.0 Å². The molecule has 68 heavy (non-hydrogen) atoms. The molecular formula is C51H53NO14S2. The molecule has 15 nitrogen and oxygen atoms in total. The van der Waals surface area contributed by atoms with Crippen molar-refractivity contribution in [1.29, 1.82) is 0 Å². The summed E-state index contributed by atoms with van der Waals surface area (Å²) >= 11 is 2.85. The topological polar surface area (TPSA) is 189 Å². The number of hydrogen-bond acceptors (Lipinski definition) is 17. The summed E-state index contributed by atoms with van der Waals surface area (Å²) in [5, 5.41) is 2.63. The molecule has 0 radical (unpaired) electrons. The first-order chi connectivity index (χ1) is 33.1. The van der Waals surface area contributed by atoms with Crippen LogP contribution in [0, 0.1) is 23.7 Å². The fourth-order valence-electron chi connectivity index (χ4n) is 7.98.